The molecule has 0 aliphatic carbocycles. The zero-order chi connectivity index (χ0) is 21.5. The molecule has 0 amide bonds. The summed E-state index contributed by atoms with van der Waals surface area (Å²) in [6.07, 6.45) is -1.78. The minimum absolute atomic E-state index is 0.0167. The molecule has 2 aliphatic rings. The van der Waals surface area contributed by atoms with Gasteiger partial charge < -0.3 is 14.9 Å². The number of aliphatic hydroxyl groups is 1. The summed E-state index contributed by atoms with van der Waals surface area (Å²) in [5, 5.41) is 14.4. The first-order chi connectivity index (χ1) is 14.2. The number of alkyl halides is 3. The number of hydrogen-bond donors (Lipinski definition) is 2. The lowest BCUT2D eigenvalue weighted by atomic mass is 10.0. The smallest absolute Gasteiger partial charge is 0.379 e. The maximum absolute atomic E-state index is 13.4. The number of pyridine rings is 1. The van der Waals surface area contributed by atoms with Crippen LogP contribution in [0.5, 0.6) is 0 Å². The van der Waals surface area contributed by atoms with Crippen LogP contribution in [0.2, 0.25) is 0 Å². The van der Waals surface area contributed by atoms with Gasteiger partial charge in [-0.05, 0) is 62.5 Å². The molecule has 1 aromatic heterocycles. The SMILES string of the molecule is C[C@@H]1CN(c2ccc(C(F)(F)F)c3ncccc23)C[C@@H]1NC(O)CC1CCN(C)C1. The number of likely N-dealkylation sites (tertiary alicyclic amines) is 1. The maximum Gasteiger partial charge on any atom is 0.418 e. The normalized spacial score (nSPS) is 26.6. The van der Waals surface area contributed by atoms with Crippen molar-refractivity contribution in [3.8, 4) is 0 Å². The number of nitrogens with one attached hydrogen (secondary N) is 1. The second-order valence-electron chi connectivity index (χ2n) is 8.85. The van der Waals surface area contributed by atoms with Crippen molar-refractivity contribution < 1.29 is 18.3 Å². The highest BCUT2D eigenvalue weighted by molar-refractivity contribution is 5.94. The van der Waals surface area contributed by atoms with Crippen LogP contribution in [-0.2, 0) is 6.18 Å². The Bertz CT molecular complexity index is 890. The Kier molecular flexibility index (Phi) is 5.92. The van der Waals surface area contributed by atoms with E-state index in [1.54, 1.807) is 18.2 Å². The Morgan fingerprint density at radius 2 is 2.03 bits per heavy atom. The van der Waals surface area contributed by atoms with Gasteiger partial charge in [-0.25, -0.2) is 0 Å². The van der Waals surface area contributed by atoms with Crippen molar-refractivity contribution >= 4 is 16.6 Å². The minimum Gasteiger partial charge on any atom is -0.379 e. The Hall–Kier alpha value is -1.90. The molecule has 8 heteroatoms. The van der Waals surface area contributed by atoms with Crippen molar-refractivity contribution in [1.82, 2.24) is 15.2 Å². The third-order valence-electron chi connectivity index (χ3n) is 6.46. The van der Waals surface area contributed by atoms with E-state index in [2.05, 4.69) is 34.1 Å². The van der Waals surface area contributed by atoms with Gasteiger partial charge in [-0.2, -0.15) is 13.2 Å². The first-order valence-corrected chi connectivity index (χ1v) is 10.5. The van der Waals surface area contributed by atoms with Crippen LogP contribution >= 0.6 is 0 Å². The molecule has 2 aromatic rings. The second-order valence-corrected chi connectivity index (χ2v) is 8.85. The van der Waals surface area contributed by atoms with Gasteiger partial charge in [-0.15, -0.1) is 0 Å². The molecule has 2 saturated heterocycles. The van der Waals surface area contributed by atoms with Crippen molar-refractivity contribution in [2.75, 3.05) is 38.1 Å². The number of benzene rings is 1. The second kappa shape index (κ2) is 8.32. The molecule has 164 valence electrons. The first kappa shape index (κ1) is 21.3. The summed E-state index contributed by atoms with van der Waals surface area (Å²) >= 11 is 0. The first-order valence-electron chi connectivity index (χ1n) is 10.5. The number of hydrogen-bond acceptors (Lipinski definition) is 5. The zero-order valence-corrected chi connectivity index (χ0v) is 17.4. The fraction of sp³-hybridized carbons (Fsp3) is 0.591. The van der Waals surface area contributed by atoms with E-state index >= 15 is 0 Å². The van der Waals surface area contributed by atoms with Gasteiger partial charge in [0.25, 0.3) is 0 Å². The molecule has 2 N–H and O–H groups in total. The van der Waals surface area contributed by atoms with Crippen LogP contribution < -0.4 is 10.2 Å². The average molecular weight is 422 g/mol. The summed E-state index contributed by atoms with van der Waals surface area (Å²) in [5.41, 5.74) is 0.0341. The van der Waals surface area contributed by atoms with E-state index in [1.807, 2.05) is 0 Å². The molecule has 2 aliphatic heterocycles. The molecule has 4 rings (SSSR count). The summed E-state index contributed by atoms with van der Waals surface area (Å²) < 4.78 is 40.2. The predicted molar refractivity (Wildman–Crippen MR) is 111 cm³/mol. The molecular formula is C22H29F3N4O. The number of halogens is 3. The molecule has 0 saturated carbocycles. The Balaban J connectivity index is 1.49. The molecule has 1 aromatic carbocycles. The lowest BCUT2D eigenvalue weighted by molar-refractivity contribution is -0.136. The summed E-state index contributed by atoms with van der Waals surface area (Å²) in [5.74, 6) is 0.759. The fourth-order valence-corrected chi connectivity index (χ4v) is 4.89. The predicted octanol–water partition coefficient (Wildman–Crippen LogP) is 3.33. The van der Waals surface area contributed by atoms with Crippen molar-refractivity contribution in [1.29, 1.82) is 0 Å². The highest BCUT2D eigenvalue weighted by atomic mass is 19.4. The van der Waals surface area contributed by atoms with Gasteiger partial charge in [0.15, 0.2) is 0 Å². The monoisotopic (exact) mass is 422 g/mol. The van der Waals surface area contributed by atoms with Gasteiger partial charge in [0.1, 0.15) is 6.23 Å². The summed E-state index contributed by atoms with van der Waals surface area (Å²) in [7, 11) is 2.10. The van der Waals surface area contributed by atoms with Gasteiger partial charge in [-0.1, -0.05) is 6.92 Å². The lowest BCUT2D eigenvalue weighted by Gasteiger charge is -2.24. The van der Waals surface area contributed by atoms with Crippen LogP contribution in [-0.4, -0.2) is 60.5 Å². The molecule has 30 heavy (non-hydrogen) atoms. The standard InChI is InChI=1S/C22H29F3N4O/c1-14-11-29(13-18(14)27-20(30)10-15-7-9-28(2)12-15)19-6-5-17(22(23,24)25)21-16(19)4-3-8-26-21/h3-6,8,14-15,18,20,27,30H,7,9-13H2,1-2H3/t14-,15?,18+,20?/m1/s1. The van der Waals surface area contributed by atoms with E-state index in [-0.39, 0.29) is 17.5 Å². The highest BCUT2D eigenvalue weighted by Gasteiger charge is 2.36. The molecule has 5 nitrogen and oxygen atoms in total. The number of aromatic nitrogens is 1. The van der Waals surface area contributed by atoms with Gasteiger partial charge in [0.2, 0.25) is 0 Å². The van der Waals surface area contributed by atoms with Crippen molar-refractivity contribution in [3.63, 3.8) is 0 Å². The van der Waals surface area contributed by atoms with Crippen LogP contribution in [0.25, 0.3) is 10.9 Å². The Morgan fingerprint density at radius 1 is 1.23 bits per heavy atom. The van der Waals surface area contributed by atoms with Crippen LogP contribution in [0.1, 0.15) is 25.3 Å². The van der Waals surface area contributed by atoms with E-state index in [1.165, 1.54) is 6.20 Å². The van der Waals surface area contributed by atoms with Gasteiger partial charge in [0.05, 0.1) is 11.1 Å². The maximum atomic E-state index is 13.4. The third-order valence-corrected chi connectivity index (χ3v) is 6.46. The fourth-order valence-electron chi connectivity index (χ4n) is 4.89. The topological polar surface area (TPSA) is 51.6 Å². The molecule has 3 heterocycles. The highest BCUT2D eigenvalue weighted by Crippen LogP contribution is 2.38. The summed E-state index contributed by atoms with van der Waals surface area (Å²) in [4.78, 5) is 8.40. The van der Waals surface area contributed by atoms with Gasteiger partial charge >= 0.3 is 6.18 Å². The summed E-state index contributed by atoms with van der Waals surface area (Å²) in [6.45, 7) is 5.54. The minimum atomic E-state index is -4.44. The van der Waals surface area contributed by atoms with Crippen LogP contribution in [0.15, 0.2) is 30.5 Å². The van der Waals surface area contributed by atoms with Crippen LogP contribution in [0, 0.1) is 11.8 Å². The van der Waals surface area contributed by atoms with Gasteiger partial charge in [0, 0.05) is 42.9 Å². The molecular weight excluding hydrogens is 393 g/mol. The van der Waals surface area contributed by atoms with Crippen molar-refractivity contribution in [2.45, 2.75) is 38.2 Å². The van der Waals surface area contributed by atoms with Crippen molar-refractivity contribution in [3.05, 3.63) is 36.0 Å². The largest absolute Gasteiger partial charge is 0.418 e. The molecule has 4 atom stereocenters. The quantitative estimate of drug-likeness (QED) is 0.724. The van der Waals surface area contributed by atoms with E-state index in [0.717, 1.165) is 37.7 Å². The lowest BCUT2D eigenvalue weighted by Crippen LogP contribution is -2.43. The Labute approximate surface area is 174 Å². The van der Waals surface area contributed by atoms with Crippen molar-refractivity contribution in [2.24, 2.45) is 11.8 Å². The number of nitrogens with zero attached hydrogens (tertiary/aromatic N) is 3. The molecule has 0 spiro atoms. The van der Waals surface area contributed by atoms with E-state index in [4.69, 9.17) is 0 Å². The van der Waals surface area contributed by atoms with Gasteiger partial charge in [-0.3, -0.25) is 10.3 Å². The van der Waals surface area contributed by atoms with E-state index in [0.29, 0.717) is 24.4 Å². The molecule has 2 fully saturated rings. The van der Waals surface area contributed by atoms with E-state index < -0.39 is 18.0 Å². The molecule has 0 bridgehead atoms. The molecule has 0 radical (unpaired) electrons. The van der Waals surface area contributed by atoms with Crippen LogP contribution in [0.4, 0.5) is 18.9 Å². The average Bonchev–Trinajstić information content (AvgIpc) is 3.25. The zero-order valence-electron chi connectivity index (χ0n) is 17.4. The molecule has 2 unspecified atom stereocenters. The van der Waals surface area contributed by atoms with Crippen LogP contribution in [0.3, 0.4) is 0 Å². The number of rotatable bonds is 5. The summed E-state index contributed by atoms with van der Waals surface area (Å²) in [6, 6.07) is 6.12. The number of aliphatic hydroxyl groups excluding tert-OH is 1. The Morgan fingerprint density at radius 3 is 2.73 bits per heavy atom. The number of anilines is 1. The van der Waals surface area contributed by atoms with E-state index in [9.17, 15) is 18.3 Å². The third kappa shape index (κ3) is 4.40. The number of fused-ring (bicyclic) bond motifs is 1.